The minimum atomic E-state index is 0. The number of carbonyl (C=O) groups is 1. The summed E-state index contributed by atoms with van der Waals surface area (Å²) in [5.74, 6) is 2.83. The van der Waals surface area contributed by atoms with E-state index in [0.717, 1.165) is 50.1 Å². The van der Waals surface area contributed by atoms with Crippen LogP contribution in [0.25, 0.3) is 0 Å². The molecule has 1 amide bonds. The molecule has 2 fully saturated rings. The number of amides is 1. The van der Waals surface area contributed by atoms with Gasteiger partial charge >= 0.3 is 0 Å². The second-order valence-electron chi connectivity index (χ2n) is 7.43. The lowest BCUT2D eigenvalue weighted by Crippen LogP contribution is -2.42. The lowest BCUT2D eigenvalue weighted by atomic mass is 9.83. The number of hydrogen-bond acceptors (Lipinski definition) is 2. The van der Waals surface area contributed by atoms with E-state index in [4.69, 9.17) is 0 Å². The first-order valence-electron chi connectivity index (χ1n) is 9.29. The molecule has 2 aliphatic carbocycles. The summed E-state index contributed by atoms with van der Waals surface area (Å²) in [6, 6.07) is 0.465. The smallest absolute Gasteiger partial charge is 0.220 e. The van der Waals surface area contributed by atoms with Gasteiger partial charge in [-0.3, -0.25) is 9.79 Å². The molecule has 0 saturated heterocycles. The summed E-state index contributed by atoms with van der Waals surface area (Å²) in [4.78, 5) is 18.3. The van der Waals surface area contributed by atoms with Gasteiger partial charge in [0.1, 0.15) is 0 Å². The van der Waals surface area contributed by atoms with Gasteiger partial charge in [0.15, 0.2) is 5.96 Å². The Morgan fingerprint density at radius 2 is 1.83 bits per heavy atom. The van der Waals surface area contributed by atoms with E-state index in [1.54, 1.807) is 0 Å². The molecule has 2 saturated carbocycles. The van der Waals surface area contributed by atoms with Crippen LogP contribution < -0.4 is 10.6 Å². The second kappa shape index (κ2) is 11.2. The van der Waals surface area contributed by atoms with Crippen LogP contribution in [0.5, 0.6) is 0 Å². The minimum absolute atomic E-state index is 0. The van der Waals surface area contributed by atoms with Crippen LogP contribution >= 0.6 is 24.0 Å². The molecule has 6 heteroatoms. The Bertz CT molecular complexity index is 404. The number of halogens is 1. The summed E-state index contributed by atoms with van der Waals surface area (Å²) in [6.07, 6.45) is 9.16. The summed E-state index contributed by atoms with van der Waals surface area (Å²) < 4.78 is 0. The van der Waals surface area contributed by atoms with Gasteiger partial charge in [0.2, 0.25) is 5.91 Å². The molecule has 5 nitrogen and oxygen atoms in total. The zero-order valence-electron chi connectivity index (χ0n) is 15.5. The van der Waals surface area contributed by atoms with E-state index in [-0.39, 0.29) is 29.9 Å². The van der Waals surface area contributed by atoms with Crippen molar-refractivity contribution >= 4 is 35.8 Å². The molecule has 0 aromatic heterocycles. The standard InChI is InChI=1S/C18H34N4O.HI/c1-14-6-8-15(9-7-14)13-22(3)18(19-2)20-12-4-5-17(23)21-16-10-11-16;/h14-16H,4-13H2,1-3H3,(H,19,20)(H,21,23);1H. The maximum absolute atomic E-state index is 11.7. The average molecular weight is 450 g/mol. The van der Waals surface area contributed by atoms with E-state index in [0.29, 0.717) is 12.5 Å². The van der Waals surface area contributed by atoms with Gasteiger partial charge in [0.05, 0.1) is 0 Å². The van der Waals surface area contributed by atoms with Crippen LogP contribution in [0.15, 0.2) is 4.99 Å². The quantitative estimate of drug-likeness (QED) is 0.272. The summed E-state index contributed by atoms with van der Waals surface area (Å²) in [5, 5.41) is 6.42. The van der Waals surface area contributed by atoms with Gasteiger partial charge in [-0.25, -0.2) is 0 Å². The molecule has 2 N–H and O–H groups in total. The first-order chi connectivity index (χ1) is 11.1. The fraction of sp³-hybridized carbons (Fsp3) is 0.889. The SMILES string of the molecule is CN=C(NCCCC(=O)NC1CC1)N(C)CC1CCC(C)CC1.I. The van der Waals surface area contributed by atoms with Gasteiger partial charge in [-0.15, -0.1) is 24.0 Å². The minimum Gasteiger partial charge on any atom is -0.356 e. The fourth-order valence-electron chi connectivity index (χ4n) is 3.35. The zero-order valence-corrected chi connectivity index (χ0v) is 17.8. The number of guanidine groups is 1. The predicted octanol–water partition coefficient (Wildman–Crippen LogP) is 3.00. The van der Waals surface area contributed by atoms with Crippen molar-refractivity contribution in [2.24, 2.45) is 16.8 Å². The molecular formula is C18H35IN4O. The molecule has 0 unspecified atom stereocenters. The van der Waals surface area contributed by atoms with Gasteiger partial charge in [-0.2, -0.15) is 0 Å². The molecule has 0 radical (unpaired) electrons. The van der Waals surface area contributed by atoms with Crippen molar-refractivity contribution in [1.82, 2.24) is 15.5 Å². The van der Waals surface area contributed by atoms with Crippen LogP contribution in [0.1, 0.15) is 58.3 Å². The highest BCUT2D eigenvalue weighted by molar-refractivity contribution is 14.0. The topological polar surface area (TPSA) is 56.7 Å². The summed E-state index contributed by atoms with van der Waals surface area (Å²) in [7, 11) is 3.95. The first-order valence-corrected chi connectivity index (χ1v) is 9.29. The Morgan fingerprint density at radius 1 is 1.17 bits per heavy atom. The lowest BCUT2D eigenvalue weighted by molar-refractivity contribution is -0.121. The largest absolute Gasteiger partial charge is 0.356 e. The molecule has 140 valence electrons. The van der Waals surface area contributed by atoms with Crippen LogP contribution in [-0.2, 0) is 4.79 Å². The third-order valence-corrected chi connectivity index (χ3v) is 5.05. The fourth-order valence-corrected chi connectivity index (χ4v) is 3.35. The van der Waals surface area contributed by atoms with Crippen molar-refractivity contribution in [3.8, 4) is 0 Å². The van der Waals surface area contributed by atoms with E-state index in [1.807, 2.05) is 7.05 Å². The van der Waals surface area contributed by atoms with Crippen molar-refractivity contribution < 1.29 is 4.79 Å². The van der Waals surface area contributed by atoms with Crippen LogP contribution in [0, 0.1) is 11.8 Å². The third-order valence-electron chi connectivity index (χ3n) is 5.05. The van der Waals surface area contributed by atoms with Gasteiger partial charge in [0.25, 0.3) is 0 Å². The van der Waals surface area contributed by atoms with Crippen molar-refractivity contribution in [3.05, 3.63) is 0 Å². The Hall–Kier alpha value is -0.530. The monoisotopic (exact) mass is 450 g/mol. The summed E-state index contributed by atoms with van der Waals surface area (Å²) >= 11 is 0. The van der Waals surface area contributed by atoms with E-state index in [1.165, 1.54) is 25.7 Å². The number of rotatable bonds is 7. The van der Waals surface area contributed by atoms with Gasteiger partial charge < -0.3 is 15.5 Å². The molecule has 0 spiro atoms. The predicted molar refractivity (Wildman–Crippen MR) is 111 cm³/mol. The van der Waals surface area contributed by atoms with E-state index in [9.17, 15) is 4.79 Å². The number of nitrogens with one attached hydrogen (secondary N) is 2. The summed E-state index contributed by atoms with van der Waals surface area (Å²) in [6.45, 7) is 4.24. The highest BCUT2D eigenvalue weighted by Gasteiger charge is 2.23. The Balaban J connectivity index is 0.00000288. The number of hydrogen-bond donors (Lipinski definition) is 2. The van der Waals surface area contributed by atoms with Crippen LogP contribution in [0.4, 0.5) is 0 Å². The number of nitrogens with zero attached hydrogens (tertiary/aromatic N) is 2. The highest BCUT2D eigenvalue weighted by Crippen LogP contribution is 2.28. The highest BCUT2D eigenvalue weighted by atomic mass is 127. The van der Waals surface area contributed by atoms with Gasteiger partial charge in [0, 0.05) is 39.6 Å². The van der Waals surface area contributed by atoms with Gasteiger partial charge in [-0.05, 0) is 43.9 Å². The van der Waals surface area contributed by atoms with Crippen molar-refractivity contribution in [1.29, 1.82) is 0 Å². The number of aliphatic imine (C=N–C) groups is 1. The Kier molecular flexibility index (Phi) is 10.0. The molecule has 24 heavy (non-hydrogen) atoms. The molecule has 2 rings (SSSR count). The summed E-state index contributed by atoms with van der Waals surface area (Å²) in [5.41, 5.74) is 0. The molecule has 0 bridgehead atoms. The van der Waals surface area contributed by atoms with Gasteiger partial charge in [-0.1, -0.05) is 19.8 Å². The van der Waals surface area contributed by atoms with Crippen LogP contribution in [0.3, 0.4) is 0 Å². The molecule has 0 aromatic carbocycles. The van der Waals surface area contributed by atoms with E-state index in [2.05, 4.69) is 34.5 Å². The van der Waals surface area contributed by atoms with Crippen LogP contribution in [0.2, 0.25) is 0 Å². The van der Waals surface area contributed by atoms with Crippen LogP contribution in [-0.4, -0.2) is 50.0 Å². The third kappa shape index (κ3) is 8.03. The molecule has 0 atom stereocenters. The van der Waals surface area contributed by atoms with E-state index < -0.39 is 0 Å². The maximum Gasteiger partial charge on any atom is 0.220 e. The second-order valence-corrected chi connectivity index (χ2v) is 7.43. The maximum atomic E-state index is 11.7. The zero-order chi connectivity index (χ0) is 16.7. The number of carbonyl (C=O) groups excluding carboxylic acids is 1. The van der Waals surface area contributed by atoms with Crippen molar-refractivity contribution in [3.63, 3.8) is 0 Å². The molecule has 0 heterocycles. The molecule has 0 aromatic rings. The average Bonchev–Trinajstić information content (AvgIpc) is 3.33. The van der Waals surface area contributed by atoms with E-state index >= 15 is 0 Å². The molecule has 0 aliphatic heterocycles. The molecule has 2 aliphatic rings. The lowest BCUT2D eigenvalue weighted by Gasteiger charge is -2.31. The molecular weight excluding hydrogens is 415 g/mol. The first kappa shape index (κ1) is 21.5. The van der Waals surface area contributed by atoms with Crippen molar-refractivity contribution in [2.75, 3.05) is 27.2 Å². The van der Waals surface area contributed by atoms with Crippen molar-refractivity contribution in [2.45, 2.75) is 64.3 Å². The Morgan fingerprint density at radius 3 is 2.42 bits per heavy atom. The normalized spacial score (nSPS) is 24.0. The Labute approximate surface area is 164 Å².